The molecule has 0 saturated carbocycles. The molecular formula is C26H29FO3S3. The number of rotatable bonds is 12. The molecule has 0 radical (unpaired) electrons. The highest BCUT2D eigenvalue weighted by molar-refractivity contribution is 8.76. The van der Waals surface area contributed by atoms with Crippen LogP contribution < -0.4 is 0 Å². The number of benzene rings is 2. The molecule has 3 nitrogen and oxygen atoms in total. The molecule has 33 heavy (non-hydrogen) atoms. The van der Waals surface area contributed by atoms with Gasteiger partial charge in [-0.2, -0.15) is 0 Å². The number of carbonyl (C=O) groups excluding carboxylic acids is 1. The topological polar surface area (TPSA) is 49.4 Å². The van der Waals surface area contributed by atoms with Gasteiger partial charge in [-0.1, -0.05) is 27.7 Å². The van der Waals surface area contributed by atoms with E-state index in [-0.39, 0.29) is 11.6 Å². The summed E-state index contributed by atoms with van der Waals surface area (Å²) in [5.41, 5.74) is 5.66. The van der Waals surface area contributed by atoms with Crippen LogP contribution in [0.15, 0.2) is 52.9 Å². The Morgan fingerprint density at radius 1 is 1.12 bits per heavy atom. The number of Topliss-reactive ketones (excluding diaryl/α,β-unsaturated/α-hetero) is 1. The van der Waals surface area contributed by atoms with E-state index in [4.69, 9.17) is 4.74 Å². The fourth-order valence-electron chi connectivity index (χ4n) is 3.75. The molecule has 0 fully saturated rings. The summed E-state index contributed by atoms with van der Waals surface area (Å²) in [6.07, 6.45) is 5.38. The summed E-state index contributed by atoms with van der Waals surface area (Å²) in [4.78, 5) is 13.5. The molecule has 2 aromatic rings. The van der Waals surface area contributed by atoms with E-state index in [1.165, 1.54) is 12.1 Å². The van der Waals surface area contributed by atoms with Gasteiger partial charge in [-0.3, -0.25) is 4.79 Å². The second-order valence-corrected chi connectivity index (χ2v) is 11.9. The minimum Gasteiger partial charge on any atom is -0.612 e. The van der Waals surface area contributed by atoms with E-state index >= 15 is 0 Å². The standard InChI is InChI=1S/C26H29FO3S3/c1-18-24(15-19-6-9-22(10-7-19)33(3)29)23-11-8-20(27)16-26(23)25(18)17-21(28)5-4-13-31-32-14-12-30-2/h6-11,15-16H,4-5,12-14,17H2,1-3H3/b24-15-. The largest absolute Gasteiger partial charge is 0.612 e. The smallest absolute Gasteiger partial charge is 0.152 e. The van der Waals surface area contributed by atoms with Gasteiger partial charge in [0.1, 0.15) is 17.9 Å². The Bertz CT molecular complexity index is 1030. The van der Waals surface area contributed by atoms with E-state index in [0.29, 0.717) is 12.8 Å². The van der Waals surface area contributed by atoms with Crippen molar-refractivity contribution >= 4 is 55.8 Å². The Kier molecular flexibility index (Phi) is 10.1. The van der Waals surface area contributed by atoms with Gasteiger partial charge < -0.3 is 9.29 Å². The first-order valence-electron chi connectivity index (χ1n) is 10.8. The van der Waals surface area contributed by atoms with Crippen molar-refractivity contribution in [1.82, 2.24) is 0 Å². The van der Waals surface area contributed by atoms with Crippen LogP contribution in [0.2, 0.25) is 0 Å². The van der Waals surface area contributed by atoms with Crippen molar-refractivity contribution in [2.24, 2.45) is 0 Å². The summed E-state index contributed by atoms with van der Waals surface area (Å²) in [6, 6.07) is 12.4. The molecule has 0 amide bonds. The quantitative estimate of drug-likeness (QED) is 0.184. The summed E-state index contributed by atoms with van der Waals surface area (Å²) in [5, 5.41) is 0. The Hall–Kier alpha value is -1.51. The second kappa shape index (κ2) is 12.8. The Morgan fingerprint density at radius 3 is 2.55 bits per heavy atom. The van der Waals surface area contributed by atoms with Crippen LogP contribution >= 0.6 is 21.6 Å². The van der Waals surface area contributed by atoms with Gasteiger partial charge in [0.25, 0.3) is 0 Å². The van der Waals surface area contributed by atoms with Gasteiger partial charge in [0.15, 0.2) is 4.90 Å². The molecule has 0 aliphatic heterocycles. The van der Waals surface area contributed by atoms with Gasteiger partial charge in [0, 0.05) is 31.5 Å². The number of hydrogen-bond acceptors (Lipinski definition) is 5. The fourth-order valence-corrected chi connectivity index (χ4v) is 6.27. The lowest BCUT2D eigenvalue weighted by molar-refractivity contribution is -0.118. The average Bonchev–Trinajstić information content (AvgIpc) is 3.04. The van der Waals surface area contributed by atoms with Gasteiger partial charge in [-0.15, -0.1) is 0 Å². The molecule has 3 rings (SSSR count). The predicted molar refractivity (Wildman–Crippen MR) is 141 cm³/mol. The third kappa shape index (κ3) is 7.23. The normalized spacial score (nSPS) is 15.2. The van der Waals surface area contributed by atoms with E-state index in [0.717, 1.165) is 62.8 Å². The van der Waals surface area contributed by atoms with E-state index in [9.17, 15) is 13.7 Å². The highest BCUT2D eigenvalue weighted by Crippen LogP contribution is 2.44. The molecule has 176 valence electrons. The van der Waals surface area contributed by atoms with Crippen LogP contribution in [0, 0.1) is 5.82 Å². The van der Waals surface area contributed by atoms with Crippen molar-refractivity contribution in [2.45, 2.75) is 31.1 Å². The van der Waals surface area contributed by atoms with Crippen molar-refractivity contribution < 1.29 is 18.5 Å². The highest BCUT2D eigenvalue weighted by atomic mass is 33.1. The molecular weight excluding hydrogens is 475 g/mol. The summed E-state index contributed by atoms with van der Waals surface area (Å²) in [5.74, 6) is 1.75. The van der Waals surface area contributed by atoms with Crippen molar-refractivity contribution in [2.75, 3.05) is 31.5 Å². The number of methoxy groups -OCH3 is 1. The van der Waals surface area contributed by atoms with Gasteiger partial charge in [-0.05, 0) is 100 Å². The molecule has 1 aliphatic rings. The first kappa shape index (κ1) is 26.1. The molecule has 0 spiro atoms. The number of hydrogen-bond donors (Lipinski definition) is 0. The minimum atomic E-state index is -1.02. The number of halogens is 1. The van der Waals surface area contributed by atoms with Crippen LogP contribution in [-0.4, -0.2) is 41.8 Å². The van der Waals surface area contributed by atoms with Crippen LogP contribution in [-0.2, 0) is 20.7 Å². The molecule has 1 atom stereocenters. The van der Waals surface area contributed by atoms with Crippen LogP contribution in [0.4, 0.5) is 4.39 Å². The lowest BCUT2D eigenvalue weighted by Crippen LogP contribution is -2.00. The summed E-state index contributed by atoms with van der Waals surface area (Å²) in [6.45, 7) is 2.74. The number of allylic oxidation sites excluding steroid dienone is 3. The number of carbonyl (C=O) groups is 1. The van der Waals surface area contributed by atoms with Crippen molar-refractivity contribution in [3.8, 4) is 0 Å². The molecule has 0 bridgehead atoms. The third-order valence-electron chi connectivity index (χ3n) is 5.49. The summed E-state index contributed by atoms with van der Waals surface area (Å²) in [7, 11) is 5.23. The van der Waals surface area contributed by atoms with Crippen molar-refractivity contribution in [3.05, 3.63) is 70.5 Å². The maximum atomic E-state index is 14.1. The zero-order chi connectivity index (χ0) is 23.8. The second-order valence-electron chi connectivity index (χ2n) is 7.83. The molecule has 0 saturated heterocycles. The Labute approximate surface area is 206 Å². The monoisotopic (exact) mass is 504 g/mol. The minimum absolute atomic E-state index is 0.179. The van der Waals surface area contributed by atoms with E-state index in [1.807, 2.05) is 31.2 Å². The predicted octanol–water partition coefficient (Wildman–Crippen LogP) is 6.66. The number of fused-ring (bicyclic) bond motifs is 1. The molecule has 0 aromatic heterocycles. The van der Waals surface area contributed by atoms with Gasteiger partial charge in [-0.25, -0.2) is 4.39 Å². The van der Waals surface area contributed by atoms with Gasteiger partial charge in [0.2, 0.25) is 0 Å². The van der Waals surface area contributed by atoms with Crippen LogP contribution in [0.1, 0.15) is 42.9 Å². The van der Waals surface area contributed by atoms with Crippen LogP contribution in [0.3, 0.4) is 0 Å². The first-order valence-corrected chi connectivity index (χ1v) is 14.9. The summed E-state index contributed by atoms with van der Waals surface area (Å²) >= 11 is -1.02. The zero-order valence-electron chi connectivity index (χ0n) is 19.2. The molecule has 7 heteroatoms. The van der Waals surface area contributed by atoms with Crippen LogP contribution in [0.25, 0.3) is 17.2 Å². The zero-order valence-corrected chi connectivity index (χ0v) is 21.6. The van der Waals surface area contributed by atoms with Gasteiger partial charge in [0.05, 0.1) is 6.61 Å². The molecule has 2 aromatic carbocycles. The maximum Gasteiger partial charge on any atom is 0.152 e. The number of ketones is 1. The molecule has 0 N–H and O–H groups in total. The number of ether oxygens (including phenoxy) is 1. The highest BCUT2D eigenvalue weighted by Gasteiger charge is 2.25. The Morgan fingerprint density at radius 2 is 1.85 bits per heavy atom. The molecule has 1 unspecified atom stereocenters. The first-order chi connectivity index (χ1) is 15.9. The molecule has 0 heterocycles. The average molecular weight is 505 g/mol. The Balaban J connectivity index is 1.73. The lowest BCUT2D eigenvalue weighted by atomic mass is 9.99. The summed E-state index contributed by atoms with van der Waals surface area (Å²) < 4.78 is 30.8. The fraction of sp³-hybridized carbons (Fsp3) is 0.346. The van der Waals surface area contributed by atoms with Crippen LogP contribution in [0.5, 0.6) is 0 Å². The molecule has 1 aliphatic carbocycles. The lowest BCUT2D eigenvalue weighted by Gasteiger charge is -2.06. The maximum absolute atomic E-state index is 14.1. The van der Waals surface area contributed by atoms with E-state index < -0.39 is 11.2 Å². The van der Waals surface area contributed by atoms with Crippen molar-refractivity contribution in [1.29, 1.82) is 0 Å². The van der Waals surface area contributed by atoms with Gasteiger partial charge >= 0.3 is 0 Å². The SMILES string of the molecule is COCCSSCCCC(=O)CC1=C(C)/C(=C/c2ccc([S+](C)[O-])cc2)c2ccc(F)cc21. The van der Waals surface area contributed by atoms with E-state index in [2.05, 4.69) is 6.08 Å². The van der Waals surface area contributed by atoms with E-state index in [1.54, 1.807) is 41.0 Å². The third-order valence-corrected chi connectivity index (χ3v) is 8.88. The van der Waals surface area contributed by atoms with Crippen molar-refractivity contribution in [3.63, 3.8) is 0 Å².